The van der Waals surface area contributed by atoms with Crippen LogP contribution in [0.2, 0.25) is 0 Å². The first-order valence-corrected chi connectivity index (χ1v) is 14.9. The van der Waals surface area contributed by atoms with E-state index in [2.05, 4.69) is 58.8 Å². The number of aromatic amines is 1. The van der Waals surface area contributed by atoms with Gasteiger partial charge in [0.2, 0.25) is 0 Å². The van der Waals surface area contributed by atoms with Gasteiger partial charge in [-0.05, 0) is 63.3 Å². The second-order valence-corrected chi connectivity index (χ2v) is 12.1. The summed E-state index contributed by atoms with van der Waals surface area (Å²) in [6.45, 7) is 6.16. The largest absolute Gasteiger partial charge is 0.491 e. The van der Waals surface area contributed by atoms with Crippen LogP contribution >= 0.6 is 0 Å². The summed E-state index contributed by atoms with van der Waals surface area (Å²) in [6.07, 6.45) is 7.03. The van der Waals surface area contributed by atoms with E-state index in [-0.39, 0.29) is 6.09 Å². The normalized spacial score (nSPS) is 14.1. The number of amides is 1. The summed E-state index contributed by atoms with van der Waals surface area (Å²) < 4.78 is 11.8. The first kappa shape index (κ1) is 28.3. The van der Waals surface area contributed by atoms with Crippen LogP contribution in [-0.4, -0.2) is 28.3 Å². The molecule has 5 aromatic rings. The molecule has 0 atom stereocenters. The highest BCUT2D eigenvalue weighted by molar-refractivity contribution is 5.89. The number of pyridine rings is 1. The number of nitrogens with one attached hydrogen (secondary N) is 2. The molecule has 2 N–H and O–H groups in total. The van der Waals surface area contributed by atoms with E-state index in [4.69, 9.17) is 19.4 Å². The Labute approximate surface area is 252 Å². The fraction of sp³-hybridized carbons (Fsp3) is 0.278. The molecule has 0 bridgehead atoms. The molecule has 0 radical (unpaired) electrons. The van der Waals surface area contributed by atoms with E-state index in [0.717, 1.165) is 64.8 Å². The maximum Gasteiger partial charge on any atom is 0.408 e. The zero-order chi connectivity index (χ0) is 29.9. The molecule has 7 nitrogen and oxygen atoms in total. The molecular formula is C36H37N4O3+. The average Bonchev–Trinajstić information content (AvgIpc) is 2.99. The number of aromatic nitrogens is 3. The van der Waals surface area contributed by atoms with Gasteiger partial charge in [0.25, 0.3) is 0 Å². The zero-order valence-corrected chi connectivity index (χ0v) is 24.9. The standard InChI is InChI=1S/C36H36N4O3/c1-35(2,3)43-34(41)40-36(20-8-21-36)28-15-13-27(14-16-28)32-31(26-9-5-4-6-10-26)38-29-11-7-12-30(33(29)39-32)42-24-19-25-17-22-37-23-18-25/h4-7,9-18,22-23H,8,19-21,24H2,1-3H3,(H,40,41)/p+1. The molecule has 1 aliphatic rings. The number of benzene rings is 3. The predicted molar refractivity (Wildman–Crippen MR) is 168 cm³/mol. The molecule has 0 spiro atoms. The van der Waals surface area contributed by atoms with Crippen LogP contribution in [0.4, 0.5) is 4.79 Å². The van der Waals surface area contributed by atoms with Gasteiger partial charge >= 0.3 is 6.09 Å². The molecule has 1 saturated carbocycles. The Morgan fingerprint density at radius 2 is 1.56 bits per heavy atom. The molecule has 1 amide bonds. The first-order valence-electron chi connectivity index (χ1n) is 14.9. The molecule has 2 heterocycles. The van der Waals surface area contributed by atoms with Crippen LogP contribution in [0.25, 0.3) is 33.5 Å². The Hall–Kier alpha value is -4.78. The summed E-state index contributed by atoms with van der Waals surface area (Å²) in [5.41, 5.74) is 6.32. The van der Waals surface area contributed by atoms with Crippen LogP contribution in [0.15, 0.2) is 97.3 Å². The number of nitrogens with zero attached hydrogens (tertiary/aromatic N) is 2. The molecule has 0 unspecified atom stereocenters. The smallest absolute Gasteiger partial charge is 0.408 e. The Morgan fingerprint density at radius 3 is 2.23 bits per heavy atom. The molecule has 43 heavy (non-hydrogen) atoms. The summed E-state index contributed by atoms with van der Waals surface area (Å²) >= 11 is 0. The molecule has 0 saturated heterocycles. The van der Waals surface area contributed by atoms with Crippen molar-refractivity contribution in [2.24, 2.45) is 0 Å². The van der Waals surface area contributed by atoms with Crippen molar-refractivity contribution in [1.29, 1.82) is 0 Å². The third kappa shape index (κ3) is 6.36. The molecule has 6 rings (SSSR count). The van der Waals surface area contributed by atoms with Crippen LogP contribution in [0.3, 0.4) is 0 Å². The number of hydrogen-bond acceptors (Lipinski definition) is 5. The third-order valence-electron chi connectivity index (χ3n) is 7.80. The van der Waals surface area contributed by atoms with Crippen molar-refractivity contribution >= 4 is 17.1 Å². The summed E-state index contributed by atoms with van der Waals surface area (Å²) in [5.74, 6) is 0.708. The number of carbonyl (C=O) groups is 1. The van der Waals surface area contributed by atoms with E-state index >= 15 is 0 Å². The van der Waals surface area contributed by atoms with E-state index in [1.54, 1.807) is 0 Å². The molecule has 7 heteroatoms. The third-order valence-corrected chi connectivity index (χ3v) is 7.80. The topological polar surface area (TPSA) is 87.5 Å². The van der Waals surface area contributed by atoms with Crippen molar-refractivity contribution in [3.8, 4) is 28.3 Å². The van der Waals surface area contributed by atoms with Gasteiger partial charge in [-0.1, -0.05) is 60.7 Å². The number of rotatable bonds is 8. The van der Waals surface area contributed by atoms with Crippen molar-refractivity contribution in [2.75, 3.05) is 6.61 Å². The molecule has 1 aliphatic carbocycles. The van der Waals surface area contributed by atoms with E-state index in [1.807, 2.05) is 69.6 Å². The molecular weight excluding hydrogens is 536 g/mol. The van der Waals surface area contributed by atoms with E-state index < -0.39 is 11.1 Å². The molecule has 1 fully saturated rings. The minimum atomic E-state index is -0.551. The number of carbonyl (C=O) groups excluding carboxylic acids is 1. The van der Waals surface area contributed by atoms with Gasteiger partial charge in [-0.2, -0.15) is 0 Å². The highest BCUT2D eigenvalue weighted by Gasteiger charge is 2.41. The molecule has 3 aromatic carbocycles. The minimum absolute atomic E-state index is 0.388. The Balaban J connectivity index is 1.34. The summed E-state index contributed by atoms with van der Waals surface area (Å²) in [4.78, 5) is 26.0. The van der Waals surface area contributed by atoms with Crippen molar-refractivity contribution in [3.05, 3.63) is 108 Å². The maximum atomic E-state index is 12.7. The van der Waals surface area contributed by atoms with Crippen LogP contribution in [-0.2, 0) is 16.7 Å². The van der Waals surface area contributed by atoms with Crippen molar-refractivity contribution in [1.82, 2.24) is 15.3 Å². The summed E-state index contributed by atoms with van der Waals surface area (Å²) in [7, 11) is 0. The van der Waals surface area contributed by atoms with Gasteiger partial charge in [0.15, 0.2) is 12.4 Å². The van der Waals surface area contributed by atoms with Gasteiger partial charge in [-0.25, -0.2) is 19.7 Å². The van der Waals surface area contributed by atoms with Crippen molar-refractivity contribution in [3.63, 3.8) is 0 Å². The lowest BCUT2D eigenvalue weighted by molar-refractivity contribution is -0.378. The average molecular weight is 574 g/mol. The Kier molecular flexibility index (Phi) is 7.80. The fourth-order valence-electron chi connectivity index (χ4n) is 5.50. The van der Waals surface area contributed by atoms with Crippen LogP contribution < -0.4 is 15.0 Å². The lowest BCUT2D eigenvalue weighted by Gasteiger charge is -2.43. The number of fused-ring (bicyclic) bond motifs is 1. The molecule has 2 aromatic heterocycles. The van der Waals surface area contributed by atoms with E-state index in [0.29, 0.717) is 12.4 Å². The highest BCUT2D eigenvalue weighted by atomic mass is 16.6. The SMILES string of the molecule is CC(C)(C)OC(=O)NC1(c2ccc(-c3nc4c(OCCc5cc[nH+]cc5)cccc4nc3-c3ccccc3)cc2)CCC1. The van der Waals surface area contributed by atoms with E-state index in [9.17, 15) is 4.79 Å². The van der Waals surface area contributed by atoms with Gasteiger partial charge < -0.3 is 14.8 Å². The van der Waals surface area contributed by atoms with Gasteiger partial charge in [0.1, 0.15) is 16.9 Å². The highest BCUT2D eigenvalue weighted by Crippen LogP contribution is 2.42. The van der Waals surface area contributed by atoms with Gasteiger partial charge in [0.05, 0.1) is 29.1 Å². The fourth-order valence-corrected chi connectivity index (χ4v) is 5.50. The lowest BCUT2D eigenvalue weighted by atomic mass is 9.71. The number of H-pyrrole nitrogens is 1. The Bertz CT molecular complexity index is 1710. The van der Waals surface area contributed by atoms with Crippen LogP contribution in [0, 0.1) is 0 Å². The van der Waals surface area contributed by atoms with Crippen molar-refractivity contribution < 1.29 is 19.3 Å². The maximum absolute atomic E-state index is 12.7. The quantitative estimate of drug-likeness (QED) is 0.210. The minimum Gasteiger partial charge on any atom is -0.491 e. The number of ether oxygens (including phenoxy) is 2. The van der Waals surface area contributed by atoms with Crippen LogP contribution in [0.5, 0.6) is 5.75 Å². The predicted octanol–water partition coefficient (Wildman–Crippen LogP) is 7.30. The number of alkyl carbamates (subject to hydrolysis) is 1. The summed E-state index contributed by atoms with van der Waals surface area (Å²) in [6, 6.07) is 28.5. The first-order chi connectivity index (χ1) is 20.8. The monoisotopic (exact) mass is 573 g/mol. The van der Waals surface area contributed by atoms with Crippen molar-refractivity contribution in [2.45, 2.75) is 57.6 Å². The van der Waals surface area contributed by atoms with Gasteiger partial charge in [-0.3, -0.25) is 0 Å². The number of para-hydroxylation sites is 1. The Morgan fingerprint density at radius 1 is 0.860 bits per heavy atom. The molecule has 0 aliphatic heterocycles. The van der Waals surface area contributed by atoms with Gasteiger partial charge in [-0.15, -0.1) is 0 Å². The second-order valence-electron chi connectivity index (χ2n) is 12.1. The zero-order valence-electron chi connectivity index (χ0n) is 24.9. The number of hydrogen-bond donors (Lipinski definition) is 1. The van der Waals surface area contributed by atoms with E-state index in [1.165, 1.54) is 5.56 Å². The summed E-state index contributed by atoms with van der Waals surface area (Å²) in [5, 5.41) is 3.15. The second kappa shape index (κ2) is 11.8. The molecule has 218 valence electrons. The van der Waals surface area contributed by atoms with Crippen LogP contribution in [0.1, 0.15) is 51.2 Å². The lowest BCUT2D eigenvalue weighted by Crippen LogP contribution is -2.52. The van der Waals surface area contributed by atoms with Gasteiger partial charge in [0, 0.05) is 29.7 Å².